The summed E-state index contributed by atoms with van der Waals surface area (Å²) in [6, 6.07) is 0. The van der Waals surface area contributed by atoms with Gasteiger partial charge in [-0.3, -0.25) is 5.10 Å². The average Bonchev–Trinajstić information content (AvgIpc) is 2.71. The molecule has 6 nitrogen and oxygen atoms in total. The quantitative estimate of drug-likeness (QED) is 0.787. The molecule has 0 saturated carbocycles. The molecule has 1 heterocycles. The van der Waals surface area contributed by atoms with Gasteiger partial charge in [0.2, 0.25) is 10.0 Å². The van der Waals surface area contributed by atoms with Gasteiger partial charge in [0.05, 0.1) is 11.4 Å². The summed E-state index contributed by atoms with van der Waals surface area (Å²) in [6.07, 6.45) is 0.952. The lowest BCUT2D eigenvalue weighted by Gasteiger charge is -2.20. The summed E-state index contributed by atoms with van der Waals surface area (Å²) in [4.78, 5) is 0.299. The van der Waals surface area contributed by atoms with E-state index < -0.39 is 10.0 Å². The maximum absolute atomic E-state index is 12.6. The fourth-order valence-corrected chi connectivity index (χ4v) is 3.53. The standard InChI is InChI=1S/C12H24N4O2S/c1-6-9(2)8-16(5)19(17,18)12-10(3)14-15-11(12)7-13-4/h9,13H,6-8H2,1-5H3,(H,14,15). The molecule has 0 aliphatic heterocycles. The van der Waals surface area contributed by atoms with E-state index in [9.17, 15) is 8.42 Å². The van der Waals surface area contributed by atoms with E-state index >= 15 is 0 Å². The van der Waals surface area contributed by atoms with Crippen molar-refractivity contribution in [2.45, 2.75) is 38.6 Å². The van der Waals surface area contributed by atoms with Gasteiger partial charge in [0.1, 0.15) is 4.90 Å². The van der Waals surface area contributed by atoms with Crippen LogP contribution in [0.2, 0.25) is 0 Å². The van der Waals surface area contributed by atoms with E-state index in [0.29, 0.717) is 35.3 Å². The highest BCUT2D eigenvalue weighted by atomic mass is 32.2. The monoisotopic (exact) mass is 288 g/mol. The van der Waals surface area contributed by atoms with Crippen LogP contribution in [0.4, 0.5) is 0 Å². The van der Waals surface area contributed by atoms with Crippen LogP contribution in [0.15, 0.2) is 4.90 Å². The molecule has 0 radical (unpaired) electrons. The molecule has 1 aromatic heterocycles. The second-order valence-corrected chi connectivity index (χ2v) is 6.94. The Morgan fingerprint density at radius 2 is 2.11 bits per heavy atom. The van der Waals surface area contributed by atoms with Crippen molar-refractivity contribution in [3.8, 4) is 0 Å². The normalized spacial score (nSPS) is 14.0. The maximum atomic E-state index is 12.6. The molecule has 19 heavy (non-hydrogen) atoms. The van der Waals surface area contributed by atoms with Crippen molar-refractivity contribution in [2.75, 3.05) is 20.6 Å². The van der Waals surface area contributed by atoms with Crippen molar-refractivity contribution in [1.29, 1.82) is 0 Å². The summed E-state index contributed by atoms with van der Waals surface area (Å²) in [5.41, 5.74) is 1.12. The molecular weight excluding hydrogens is 264 g/mol. The van der Waals surface area contributed by atoms with Crippen LogP contribution in [0.1, 0.15) is 31.7 Å². The Kier molecular flexibility index (Phi) is 5.51. The molecule has 0 saturated heterocycles. The highest BCUT2D eigenvalue weighted by Gasteiger charge is 2.28. The molecule has 7 heteroatoms. The lowest BCUT2D eigenvalue weighted by atomic mass is 10.1. The number of H-pyrrole nitrogens is 1. The van der Waals surface area contributed by atoms with Gasteiger partial charge in [-0.05, 0) is 19.9 Å². The summed E-state index contributed by atoms with van der Waals surface area (Å²) in [7, 11) is -0.0955. The molecule has 110 valence electrons. The third-order valence-electron chi connectivity index (χ3n) is 3.24. The topological polar surface area (TPSA) is 78.1 Å². The molecule has 0 aliphatic rings. The Hall–Kier alpha value is -0.920. The van der Waals surface area contributed by atoms with Crippen molar-refractivity contribution < 1.29 is 8.42 Å². The van der Waals surface area contributed by atoms with E-state index in [-0.39, 0.29) is 0 Å². The molecule has 0 spiro atoms. The SMILES string of the molecule is CCC(C)CN(C)S(=O)(=O)c1c(CNC)n[nH]c1C. The average molecular weight is 288 g/mol. The highest BCUT2D eigenvalue weighted by molar-refractivity contribution is 7.89. The van der Waals surface area contributed by atoms with Gasteiger partial charge in [-0.2, -0.15) is 5.10 Å². The smallest absolute Gasteiger partial charge is 0.246 e. The van der Waals surface area contributed by atoms with Crippen molar-refractivity contribution >= 4 is 10.0 Å². The van der Waals surface area contributed by atoms with Gasteiger partial charge >= 0.3 is 0 Å². The Labute approximate surface area is 115 Å². The molecule has 2 N–H and O–H groups in total. The Morgan fingerprint density at radius 3 is 2.63 bits per heavy atom. The van der Waals surface area contributed by atoms with Gasteiger partial charge in [0.25, 0.3) is 0 Å². The largest absolute Gasteiger partial charge is 0.314 e. The van der Waals surface area contributed by atoms with Gasteiger partial charge in [0, 0.05) is 20.1 Å². The predicted octanol–water partition coefficient (Wildman–Crippen LogP) is 1.10. The molecule has 1 rings (SSSR count). The van der Waals surface area contributed by atoms with E-state index in [4.69, 9.17) is 0 Å². The van der Waals surface area contributed by atoms with Crippen molar-refractivity contribution in [3.63, 3.8) is 0 Å². The van der Waals surface area contributed by atoms with Gasteiger partial charge in [0.15, 0.2) is 0 Å². The van der Waals surface area contributed by atoms with E-state index in [0.717, 1.165) is 6.42 Å². The summed E-state index contributed by atoms with van der Waals surface area (Å²) in [5.74, 6) is 0.333. The molecule has 1 aromatic rings. The maximum Gasteiger partial charge on any atom is 0.246 e. The lowest BCUT2D eigenvalue weighted by molar-refractivity contribution is 0.393. The Morgan fingerprint density at radius 1 is 1.47 bits per heavy atom. The van der Waals surface area contributed by atoms with Crippen LogP contribution in [0.25, 0.3) is 0 Å². The first kappa shape index (κ1) is 16.1. The first-order valence-corrected chi connectivity index (χ1v) is 7.93. The van der Waals surface area contributed by atoms with E-state index in [1.54, 1.807) is 21.0 Å². The van der Waals surface area contributed by atoms with Gasteiger partial charge in [-0.1, -0.05) is 20.3 Å². The third kappa shape index (κ3) is 3.55. The van der Waals surface area contributed by atoms with Crippen LogP contribution in [-0.4, -0.2) is 43.6 Å². The number of nitrogens with one attached hydrogen (secondary N) is 2. The second-order valence-electron chi connectivity index (χ2n) is 4.95. The lowest BCUT2D eigenvalue weighted by Crippen LogP contribution is -2.32. The number of sulfonamides is 1. The van der Waals surface area contributed by atoms with Gasteiger partial charge in [-0.25, -0.2) is 12.7 Å². The number of hydrogen-bond donors (Lipinski definition) is 2. The Bertz CT molecular complexity index is 510. The first-order valence-electron chi connectivity index (χ1n) is 6.49. The molecule has 0 amide bonds. The van der Waals surface area contributed by atoms with Gasteiger partial charge < -0.3 is 5.32 Å². The van der Waals surface area contributed by atoms with E-state index in [2.05, 4.69) is 22.4 Å². The molecule has 1 unspecified atom stereocenters. The van der Waals surface area contributed by atoms with Crippen LogP contribution < -0.4 is 5.32 Å². The number of hydrogen-bond acceptors (Lipinski definition) is 4. The minimum absolute atomic E-state index is 0.299. The first-order chi connectivity index (χ1) is 8.84. The summed E-state index contributed by atoms with van der Waals surface area (Å²) in [6.45, 7) is 6.78. The van der Waals surface area contributed by atoms with Crippen LogP contribution in [0.5, 0.6) is 0 Å². The van der Waals surface area contributed by atoms with Crippen molar-refractivity contribution in [2.24, 2.45) is 5.92 Å². The van der Waals surface area contributed by atoms with Crippen LogP contribution >= 0.6 is 0 Å². The fraction of sp³-hybridized carbons (Fsp3) is 0.750. The number of aromatic amines is 1. The van der Waals surface area contributed by atoms with Crippen molar-refractivity contribution in [3.05, 3.63) is 11.4 Å². The fourth-order valence-electron chi connectivity index (χ4n) is 1.92. The molecule has 0 aromatic carbocycles. The summed E-state index contributed by atoms with van der Waals surface area (Å²) < 4.78 is 26.6. The number of aryl methyl sites for hydroxylation is 1. The van der Waals surface area contributed by atoms with Crippen LogP contribution in [-0.2, 0) is 16.6 Å². The third-order valence-corrected chi connectivity index (χ3v) is 5.27. The number of aromatic nitrogens is 2. The summed E-state index contributed by atoms with van der Waals surface area (Å²) >= 11 is 0. The molecular formula is C12H24N4O2S. The molecule has 0 fully saturated rings. The second kappa shape index (κ2) is 6.49. The highest BCUT2D eigenvalue weighted by Crippen LogP contribution is 2.22. The zero-order valence-corrected chi connectivity index (χ0v) is 13.1. The Balaban J connectivity index is 3.09. The number of rotatable bonds is 7. The minimum atomic E-state index is -3.48. The van der Waals surface area contributed by atoms with Crippen LogP contribution in [0, 0.1) is 12.8 Å². The number of nitrogens with zero attached hydrogens (tertiary/aromatic N) is 2. The van der Waals surface area contributed by atoms with E-state index in [1.807, 2.05) is 6.92 Å². The van der Waals surface area contributed by atoms with Crippen LogP contribution in [0.3, 0.4) is 0 Å². The zero-order valence-electron chi connectivity index (χ0n) is 12.3. The predicted molar refractivity (Wildman–Crippen MR) is 75.4 cm³/mol. The minimum Gasteiger partial charge on any atom is -0.314 e. The molecule has 1 atom stereocenters. The van der Waals surface area contributed by atoms with Gasteiger partial charge in [-0.15, -0.1) is 0 Å². The van der Waals surface area contributed by atoms with Crippen molar-refractivity contribution in [1.82, 2.24) is 19.8 Å². The zero-order chi connectivity index (χ0) is 14.6. The molecule has 0 aliphatic carbocycles. The summed E-state index contributed by atoms with van der Waals surface area (Å²) in [5, 5.41) is 9.75. The molecule has 0 bridgehead atoms. The van der Waals surface area contributed by atoms with E-state index in [1.165, 1.54) is 4.31 Å².